The van der Waals surface area contributed by atoms with E-state index in [1.807, 2.05) is 32.2 Å². The summed E-state index contributed by atoms with van der Waals surface area (Å²) in [5.74, 6) is 0.415. The normalized spacial score (nSPS) is 19.3. The Morgan fingerprint density at radius 3 is 2.71 bits per heavy atom. The highest BCUT2D eigenvalue weighted by Gasteiger charge is 2.28. The Hall–Kier alpha value is -2.67. The van der Waals surface area contributed by atoms with Crippen molar-refractivity contribution >= 4 is 23.6 Å². The van der Waals surface area contributed by atoms with E-state index in [1.54, 1.807) is 13.0 Å². The number of rotatable bonds is 9. The first-order valence-corrected chi connectivity index (χ1v) is 12.0. The van der Waals surface area contributed by atoms with Crippen molar-refractivity contribution in [3.8, 4) is 0 Å². The van der Waals surface area contributed by atoms with Gasteiger partial charge in [0.1, 0.15) is 6.29 Å². The minimum absolute atomic E-state index is 0.0745. The van der Waals surface area contributed by atoms with Gasteiger partial charge in [-0.3, -0.25) is 9.79 Å². The third-order valence-corrected chi connectivity index (χ3v) is 6.26. The van der Waals surface area contributed by atoms with E-state index in [2.05, 4.69) is 16.9 Å². The average Bonchev–Trinajstić information content (AvgIpc) is 3.26. The van der Waals surface area contributed by atoms with Gasteiger partial charge in [-0.05, 0) is 57.2 Å². The summed E-state index contributed by atoms with van der Waals surface area (Å²) in [6.45, 7) is 7.45. The number of carbonyl (C=O) groups excluding carboxylic acids is 2. The van der Waals surface area contributed by atoms with Gasteiger partial charge in [-0.15, -0.1) is 0 Å². The molecule has 1 fully saturated rings. The largest absolute Gasteiger partial charge is 0.317 e. The molecule has 186 valence electrons. The monoisotopic (exact) mass is 473 g/mol. The van der Waals surface area contributed by atoms with E-state index in [-0.39, 0.29) is 18.0 Å². The molecule has 7 heteroatoms. The molecule has 1 heterocycles. The van der Waals surface area contributed by atoms with Crippen LogP contribution in [0.15, 0.2) is 47.6 Å². The van der Waals surface area contributed by atoms with Gasteiger partial charge in [0.25, 0.3) is 6.43 Å². The molecule has 2 unspecified atom stereocenters. The highest BCUT2D eigenvalue weighted by atomic mass is 19.3. The van der Waals surface area contributed by atoms with Crippen molar-refractivity contribution in [2.24, 2.45) is 10.9 Å². The first-order valence-electron chi connectivity index (χ1n) is 12.0. The summed E-state index contributed by atoms with van der Waals surface area (Å²) >= 11 is 0. The van der Waals surface area contributed by atoms with Crippen molar-refractivity contribution in [3.63, 3.8) is 0 Å². The smallest absolute Gasteiger partial charge is 0.263 e. The Bertz CT molecular complexity index is 911. The highest BCUT2D eigenvalue weighted by molar-refractivity contribution is 5.95. The zero-order valence-corrected chi connectivity index (χ0v) is 20.5. The number of halogens is 2. The lowest BCUT2D eigenvalue weighted by Crippen LogP contribution is -2.34. The third kappa shape index (κ3) is 7.97. The molecule has 34 heavy (non-hydrogen) atoms. The van der Waals surface area contributed by atoms with E-state index in [0.29, 0.717) is 30.4 Å². The van der Waals surface area contributed by atoms with E-state index in [9.17, 15) is 18.4 Å². The summed E-state index contributed by atoms with van der Waals surface area (Å²) in [6.07, 6.45) is 8.83. The Labute approximate surface area is 202 Å². The summed E-state index contributed by atoms with van der Waals surface area (Å²) in [5, 5.41) is 3.35. The van der Waals surface area contributed by atoms with Crippen LogP contribution in [0, 0.1) is 5.92 Å². The van der Waals surface area contributed by atoms with Crippen LogP contribution >= 0.6 is 0 Å². The number of nitrogens with one attached hydrogen (secondary N) is 1. The number of hydrogen-bond acceptors (Lipinski definition) is 4. The number of carbonyl (C=O) groups is 2. The van der Waals surface area contributed by atoms with Gasteiger partial charge in [0.15, 0.2) is 0 Å². The van der Waals surface area contributed by atoms with Crippen molar-refractivity contribution in [3.05, 3.63) is 53.8 Å². The van der Waals surface area contributed by atoms with Crippen LogP contribution in [-0.4, -0.2) is 42.4 Å². The molecule has 0 bridgehead atoms. The Kier molecular flexibility index (Phi) is 11.3. The number of fused-ring (bicyclic) bond motifs is 1. The number of allylic oxidation sites excluding steroid dienone is 2. The number of amides is 1. The van der Waals surface area contributed by atoms with Crippen LogP contribution in [0.25, 0.3) is 0 Å². The second kappa shape index (κ2) is 13.9. The van der Waals surface area contributed by atoms with Crippen LogP contribution < -0.4 is 5.32 Å². The van der Waals surface area contributed by atoms with Gasteiger partial charge in [0, 0.05) is 35.9 Å². The maximum atomic E-state index is 12.7. The van der Waals surface area contributed by atoms with Crippen molar-refractivity contribution < 1.29 is 18.4 Å². The van der Waals surface area contributed by atoms with Gasteiger partial charge in [-0.2, -0.15) is 0 Å². The standard InChI is InChI=1S/C16H20F2N2.C11H17NO2/c1-19-13-4-2-3-10(7-13)14-8-11-5-6-12(16(17)18)9-15(11)20-14;1-4-5-6-7-11(14)12(8-9-13)10(2)3/h5-6,9-10,13,16,19H,2-4,7-8H2,1H3;5-6,9H,2,4,7-8H2,1,3H3/b;6-5-. The predicted molar refractivity (Wildman–Crippen MR) is 134 cm³/mol. The lowest BCUT2D eigenvalue weighted by molar-refractivity contribution is -0.130. The first kappa shape index (κ1) is 27.6. The van der Waals surface area contributed by atoms with E-state index in [1.165, 1.54) is 35.9 Å². The minimum Gasteiger partial charge on any atom is -0.317 e. The average molecular weight is 474 g/mol. The molecule has 2 aliphatic rings. The fraction of sp³-hybridized carbons (Fsp3) is 0.519. The van der Waals surface area contributed by atoms with Gasteiger partial charge in [-0.25, -0.2) is 8.78 Å². The molecule has 0 radical (unpaired) electrons. The van der Waals surface area contributed by atoms with Gasteiger partial charge in [-0.1, -0.05) is 44.2 Å². The lowest BCUT2D eigenvalue weighted by atomic mass is 9.81. The number of nitrogens with zero attached hydrogens (tertiary/aromatic N) is 2. The first-order chi connectivity index (χ1) is 16.3. The quantitative estimate of drug-likeness (QED) is 0.357. The molecule has 5 nitrogen and oxygen atoms in total. The summed E-state index contributed by atoms with van der Waals surface area (Å²) in [5.41, 5.74) is 3.71. The zero-order valence-electron chi connectivity index (χ0n) is 20.5. The number of aliphatic imine (C=N–C) groups is 1. The molecule has 1 saturated carbocycles. The molecule has 2 atom stereocenters. The number of benzene rings is 1. The van der Waals surface area contributed by atoms with E-state index >= 15 is 0 Å². The van der Waals surface area contributed by atoms with Crippen LogP contribution in [0.3, 0.4) is 0 Å². The molecule has 3 rings (SSSR count). The van der Waals surface area contributed by atoms with Crippen molar-refractivity contribution in [1.29, 1.82) is 0 Å². The summed E-state index contributed by atoms with van der Waals surface area (Å²) < 4.78 is 25.5. The molecule has 0 spiro atoms. The maximum Gasteiger partial charge on any atom is 0.263 e. The molecule has 1 aromatic carbocycles. The number of hydrogen-bond donors (Lipinski definition) is 1. The highest BCUT2D eigenvalue weighted by Crippen LogP contribution is 2.36. The Morgan fingerprint density at radius 1 is 1.32 bits per heavy atom. The summed E-state index contributed by atoms with van der Waals surface area (Å²) in [4.78, 5) is 27.8. The van der Waals surface area contributed by atoms with Crippen LogP contribution in [0.4, 0.5) is 14.5 Å². The molecule has 1 aromatic rings. The molecule has 1 aliphatic carbocycles. The third-order valence-electron chi connectivity index (χ3n) is 6.26. The van der Waals surface area contributed by atoms with Crippen molar-refractivity contribution in [2.45, 2.75) is 71.3 Å². The minimum atomic E-state index is -2.41. The summed E-state index contributed by atoms with van der Waals surface area (Å²) in [6, 6.07) is 5.45. The number of aldehydes is 1. The Balaban J connectivity index is 0.000000259. The SMILES string of the molecule is C=C(C)N(CC=O)C(=O)C/C=C\CC.CNC1CCCC(C2=Nc3cc(C(F)F)ccc3C2)C1. The van der Waals surface area contributed by atoms with Gasteiger partial charge in [0.2, 0.25) is 5.91 Å². The molecule has 0 saturated heterocycles. The van der Waals surface area contributed by atoms with E-state index < -0.39 is 6.43 Å². The predicted octanol–water partition coefficient (Wildman–Crippen LogP) is 5.93. The second-order valence-corrected chi connectivity index (χ2v) is 8.81. The van der Waals surface area contributed by atoms with Gasteiger partial charge >= 0.3 is 0 Å². The van der Waals surface area contributed by atoms with Gasteiger partial charge in [0.05, 0.1) is 12.2 Å². The molecule has 1 aliphatic heterocycles. The molecular weight excluding hydrogens is 436 g/mol. The van der Waals surface area contributed by atoms with E-state index in [0.717, 1.165) is 30.5 Å². The second-order valence-electron chi connectivity index (χ2n) is 8.81. The van der Waals surface area contributed by atoms with E-state index in [4.69, 9.17) is 0 Å². The van der Waals surface area contributed by atoms with Crippen LogP contribution in [-0.2, 0) is 16.0 Å². The molecule has 0 aromatic heterocycles. The topological polar surface area (TPSA) is 61.8 Å². The molecule has 1 N–H and O–H groups in total. The van der Waals surface area contributed by atoms with Crippen LogP contribution in [0.1, 0.15) is 69.9 Å². The fourth-order valence-electron chi connectivity index (χ4n) is 4.36. The van der Waals surface area contributed by atoms with Gasteiger partial charge < -0.3 is 15.0 Å². The van der Waals surface area contributed by atoms with Crippen molar-refractivity contribution in [2.75, 3.05) is 13.6 Å². The fourth-order valence-corrected chi connectivity index (χ4v) is 4.36. The molecule has 1 amide bonds. The van der Waals surface area contributed by atoms with Crippen molar-refractivity contribution in [1.82, 2.24) is 10.2 Å². The van der Waals surface area contributed by atoms with Crippen LogP contribution in [0.2, 0.25) is 0 Å². The zero-order chi connectivity index (χ0) is 25.1. The maximum absolute atomic E-state index is 12.7. The lowest BCUT2D eigenvalue weighted by Gasteiger charge is -2.28. The summed E-state index contributed by atoms with van der Waals surface area (Å²) in [7, 11) is 2.01. The Morgan fingerprint density at radius 2 is 2.09 bits per heavy atom. The van der Waals surface area contributed by atoms with Crippen LogP contribution in [0.5, 0.6) is 0 Å². The molecular formula is C27H37F2N3O2. The number of alkyl halides is 2.